The number of hydrogen-bond donors (Lipinski definition) is 2. The van der Waals surface area contributed by atoms with Crippen molar-refractivity contribution in [1.29, 1.82) is 0 Å². The minimum Gasteiger partial charge on any atom is -0.508 e. The van der Waals surface area contributed by atoms with Crippen LogP contribution in [0.2, 0.25) is 0 Å². The SMILES string of the molecule is COc1cc(O)cc(-c2cc(=O)c3cc(N4CCOCC4)ccc3[nH]2)c1. The number of methoxy groups -OCH3 is 1. The third kappa shape index (κ3) is 3.11. The molecule has 2 N–H and O–H groups in total. The van der Waals surface area contributed by atoms with Crippen LogP contribution in [0.1, 0.15) is 0 Å². The average Bonchev–Trinajstić information content (AvgIpc) is 2.68. The summed E-state index contributed by atoms with van der Waals surface area (Å²) in [7, 11) is 1.54. The fourth-order valence-corrected chi connectivity index (χ4v) is 3.27. The van der Waals surface area contributed by atoms with Crippen LogP contribution in [0, 0.1) is 0 Å². The van der Waals surface area contributed by atoms with Gasteiger partial charge < -0.3 is 24.5 Å². The fraction of sp³-hybridized carbons (Fsp3) is 0.250. The number of rotatable bonds is 3. The van der Waals surface area contributed by atoms with Crippen molar-refractivity contribution in [2.24, 2.45) is 0 Å². The number of fused-ring (bicyclic) bond motifs is 1. The van der Waals surface area contributed by atoms with Crippen molar-refractivity contribution in [1.82, 2.24) is 4.98 Å². The van der Waals surface area contributed by atoms with Gasteiger partial charge in [-0.25, -0.2) is 0 Å². The first-order chi connectivity index (χ1) is 12.6. The lowest BCUT2D eigenvalue weighted by Crippen LogP contribution is -2.36. The van der Waals surface area contributed by atoms with E-state index in [0.29, 0.717) is 35.6 Å². The van der Waals surface area contributed by atoms with Crippen molar-refractivity contribution in [3.63, 3.8) is 0 Å². The van der Waals surface area contributed by atoms with Crippen molar-refractivity contribution in [3.05, 3.63) is 52.7 Å². The third-order valence-electron chi connectivity index (χ3n) is 4.63. The number of anilines is 1. The largest absolute Gasteiger partial charge is 0.508 e. The molecule has 26 heavy (non-hydrogen) atoms. The van der Waals surface area contributed by atoms with Gasteiger partial charge in [0.2, 0.25) is 0 Å². The molecule has 3 aromatic rings. The van der Waals surface area contributed by atoms with Crippen LogP contribution in [0.5, 0.6) is 11.5 Å². The van der Waals surface area contributed by atoms with Crippen LogP contribution in [0.15, 0.2) is 47.3 Å². The molecule has 0 atom stereocenters. The van der Waals surface area contributed by atoms with Gasteiger partial charge in [0, 0.05) is 53.1 Å². The van der Waals surface area contributed by atoms with Crippen LogP contribution in [0.25, 0.3) is 22.2 Å². The van der Waals surface area contributed by atoms with Crippen molar-refractivity contribution < 1.29 is 14.6 Å². The summed E-state index contributed by atoms with van der Waals surface area (Å²) in [6, 6.07) is 12.3. The quantitative estimate of drug-likeness (QED) is 0.758. The molecule has 0 bridgehead atoms. The molecule has 2 heterocycles. The van der Waals surface area contributed by atoms with E-state index >= 15 is 0 Å². The predicted octanol–water partition coefficient (Wildman–Crippen LogP) is 2.75. The van der Waals surface area contributed by atoms with Crippen LogP contribution < -0.4 is 15.1 Å². The number of nitrogens with zero attached hydrogens (tertiary/aromatic N) is 1. The molecule has 6 heteroatoms. The number of pyridine rings is 1. The van der Waals surface area contributed by atoms with Crippen LogP contribution in [-0.4, -0.2) is 43.5 Å². The number of H-pyrrole nitrogens is 1. The number of benzene rings is 2. The zero-order valence-corrected chi connectivity index (χ0v) is 14.5. The Bertz CT molecular complexity index is 1010. The van der Waals surface area contributed by atoms with Crippen LogP contribution in [-0.2, 0) is 4.74 Å². The summed E-state index contributed by atoms with van der Waals surface area (Å²) in [5.74, 6) is 0.617. The Morgan fingerprint density at radius 2 is 1.92 bits per heavy atom. The smallest absolute Gasteiger partial charge is 0.190 e. The molecule has 0 amide bonds. The van der Waals surface area contributed by atoms with Gasteiger partial charge in [-0.15, -0.1) is 0 Å². The van der Waals surface area contributed by atoms with Crippen molar-refractivity contribution in [2.75, 3.05) is 38.3 Å². The first kappa shape index (κ1) is 16.5. The lowest BCUT2D eigenvalue weighted by Gasteiger charge is -2.29. The molecular weight excluding hydrogens is 332 g/mol. The summed E-state index contributed by atoms with van der Waals surface area (Å²) < 4.78 is 10.6. The summed E-state index contributed by atoms with van der Waals surface area (Å²) in [6.45, 7) is 3.05. The third-order valence-corrected chi connectivity index (χ3v) is 4.63. The molecule has 0 spiro atoms. The number of phenolic OH excluding ortho intramolecular Hbond substituents is 1. The zero-order chi connectivity index (χ0) is 18.1. The molecule has 1 aliphatic rings. The van der Waals surface area contributed by atoms with E-state index in [0.717, 1.165) is 24.3 Å². The maximum atomic E-state index is 12.7. The first-order valence-electron chi connectivity index (χ1n) is 8.52. The highest BCUT2D eigenvalue weighted by Crippen LogP contribution is 2.29. The van der Waals surface area contributed by atoms with E-state index in [2.05, 4.69) is 9.88 Å². The number of aromatic amines is 1. The fourth-order valence-electron chi connectivity index (χ4n) is 3.27. The number of aromatic hydroxyl groups is 1. The second kappa shape index (κ2) is 6.72. The van der Waals surface area contributed by atoms with Gasteiger partial charge in [0.15, 0.2) is 5.43 Å². The molecule has 134 valence electrons. The monoisotopic (exact) mass is 352 g/mol. The van der Waals surface area contributed by atoms with E-state index in [1.54, 1.807) is 18.2 Å². The standard InChI is InChI=1S/C20H20N2O4/c1-25-16-9-13(8-15(23)11-16)19-12-20(24)17-10-14(2-3-18(17)21-19)22-4-6-26-7-5-22/h2-3,8-12,23H,4-7H2,1H3,(H,21,24). The van der Waals surface area contributed by atoms with Gasteiger partial charge in [0.05, 0.1) is 20.3 Å². The Labute approximate surface area is 150 Å². The number of aromatic nitrogens is 1. The molecule has 0 radical (unpaired) electrons. The second-order valence-electron chi connectivity index (χ2n) is 6.30. The highest BCUT2D eigenvalue weighted by molar-refractivity contribution is 5.85. The molecule has 0 saturated carbocycles. The average molecular weight is 352 g/mol. The Balaban J connectivity index is 1.77. The first-order valence-corrected chi connectivity index (χ1v) is 8.52. The molecule has 1 aromatic heterocycles. The molecule has 0 aliphatic carbocycles. The van der Waals surface area contributed by atoms with E-state index in [1.165, 1.54) is 13.2 Å². The number of nitrogens with one attached hydrogen (secondary N) is 1. The van der Waals surface area contributed by atoms with E-state index in [4.69, 9.17) is 9.47 Å². The molecule has 1 aliphatic heterocycles. The highest BCUT2D eigenvalue weighted by Gasteiger charge is 2.13. The summed E-state index contributed by atoms with van der Waals surface area (Å²) >= 11 is 0. The predicted molar refractivity (Wildman–Crippen MR) is 101 cm³/mol. The summed E-state index contributed by atoms with van der Waals surface area (Å²) in [4.78, 5) is 18.2. The topological polar surface area (TPSA) is 74.8 Å². The maximum absolute atomic E-state index is 12.7. The maximum Gasteiger partial charge on any atom is 0.190 e. The Morgan fingerprint density at radius 3 is 2.69 bits per heavy atom. The van der Waals surface area contributed by atoms with E-state index in [9.17, 15) is 9.90 Å². The molecule has 4 rings (SSSR count). The number of phenols is 1. The molecule has 6 nitrogen and oxygen atoms in total. The second-order valence-corrected chi connectivity index (χ2v) is 6.30. The normalized spacial score (nSPS) is 14.6. The molecule has 0 unspecified atom stereocenters. The van der Waals surface area contributed by atoms with Gasteiger partial charge in [-0.1, -0.05) is 0 Å². The summed E-state index contributed by atoms with van der Waals surface area (Å²) in [5.41, 5.74) is 3.05. The van der Waals surface area contributed by atoms with E-state index in [1.807, 2.05) is 18.2 Å². The number of morpholine rings is 1. The Morgan fingerprint density at radius 1 is 1.12 bits per heavy atom. The molecule has 2 aromatic carbocycles. The number of ether oxygens (including phenoxy) is 2. The molecule has 1 saturated heterocycles. The summed E-state index contributed by atoms with van der Waals surface area (Å²) in [6.07, 6.45) is 0. The van der Waals surface area contributed by atoms with Gasteiger partial charge >= 0.3 is 0 Å². The minimum absolute atomic E-state index is 0.0637. The van der Waals surface area contributed by atoms with Crippen molar-refractivity contribution >= 4 is 16.6 Å². The van der Waals surface area contributed by atoms with Crippen LogP contribution in [0.3, 0.4) is 0 Å². The van der Waals surface area contributed by atoms with Crippen molar-refractivity contribution in [3.8, 4) is 22.8 Å². The van der Waals surface area contributed by atoms with Gasteiger partial charge in [-0.05, 0) is 30.3 Å². The lowest BCUT2D eigenvalue weighted by atomic mass is 10.1. The van der Waals surface area contributed by atoms with Gasteiger partial charge in [0.1, 0.15) is 11.5 Å². The number of hydrogen-bond acceptors (Lipinski definition) is 5. The van der Waals surface area contributed by atoms with Crippen molar-refractivity contribution in [2.45, 2.75) is 0 Å². The van der Waals surface area contributed by atoms with Gasteiger partial charge in [-0.2, -0.15) is 0 Å². The van der Waals surface area contributed by atoms with Crippen LogP contribution in [0.4, 0.5) is 5.69 Å². The lowest BCUT2D eigenvalue weighted by molar-refractivity contribution is 0.122. The Kier molecular flexibility index (Phi) is 4.26. The Hall–Kier alpha value is -2.99. The van der Waals surface area contributed by atoms with Gasteiger partial charge in [-0.3, -0.25) is 4.79 Å². The van der Waals surface area contributed by atoms with Crippen LogP contribution >= 0.6 is 0 Å². The minimum atomic E-state index is -0.0637. The molecular formula is C20H20N2O4. The zero-order valence-electron chi connectivity index (χ0n) is 14.5. The van der Waals surface area contributed by atoms with E-state index < -0.39 is 0 Å². The summed E-state index contributed by atoms with van der Waals surface area (Å²) in [5, 5.41) is 10.5. The van der Waals surface area contributed by atoms with Gasteiger partial charge in [0.25, 0.3) is 0 Å². The van der Waals surface area contributed by atoms with E-state index in [-0.39, 0.29) is 11.2 Å². The highest BCUT2D eigenvalue weighted by atomic mass is 16.5. The molecule has 1 fully saturated rings.